The molecule has 1 amide bonds. The molecule has 49 heavy (non-hydrogen) atoms. The summed E-state index contributed by atoms with van der Waals surface area (Å²) in [7, 11) is -5.41. The summed E-state index contributed by atoms with van der Waals surface area (Å²) < 4.78 is 87.3. The molecule has 1 heterocycles. The molecule has 1 aromatic heterocycles. The van der Waals surface area contributed by atoms with Crippen LogP contribution < -0.4 is 19.0 Å². The van der Waals surface area contributed by atoms with Gasteiger partial charge in [-0.3, -0.25) is 4.79 Å². The quantitative estimate of drug-likeness (QED) is 0.0936. The fraction of sp³-hybridized carbons (Fsp3) is 0.400. The van der Waals surface area contributed by atoms with E-state index in [1.165, 1.54) is 26.4 Å². The van der Waals surface area contributed by atoms with Crippen molar-refractivity contribution in [2.24, 2.45) is 0 Å². The molecular weight excluding hydrogens is 678 g/mol. The van der Waals surface area contributed by atoms with E-state index in [2.05, 4.69) is 48.3 Å². The second kappa shape index (κ2) is 13.4. The van der Waals surface area contributed by atoms with E-state index in [0.717, 1.165) is 22.0 Å². The first-order valence-corrected chi connectivity index (χ1v) is 20.1. The maximum Gasteiger partial charge on any atom is 0.534 e. The molecule has 0 bridgehead atoms. The number of para-hydroxylation sites is 1. The van der Waals surface area contributed by atoms with Gasteiger partial charge in [-0.15, -0.1) is 0 Å². The van der Waals surface area contributed by atoms with Crippen molar-refractivity contribution in [3.63, 3.8) is 0 Å². The molecule has 3 aromatic carbocycles. The van der Waals surface area contributed by atoms with Gasteiger partial charge in [-0.1, -0.05) is 39.0 Å². The summed E-state index contributed by atoms with van der Waals surface area (Å²) in [6.45, 7) is 10.5. The van der Waals surface area contributed by atoms with E-state index in [4.69, 9.17) is 13.9 Å². The first-order chi connectivity index (χ1) is 22.8. The highest BCUT2D eigenvalue weighted by atomic mass is 32.2. The van der Waals surface area contributed by atoms with Crippen LogP contribution in [0.15, 0.2) is 54.7 Å². The van der Waals surface area contributed by atoms with Crippen molar-refractivity contribution >= 4 is 35.2 Å². The Hall–Kier alpha value is -4.01. The SMILES string of the molecule is COc1cc2c(cc1OC)-c1cc(C(=O)N[C@@H](CO[Si](C)(C)C(C)(C)C)Cc3c[nH]c4ccccc34)c(OS(=O)(=O)C(F)(F)F)cc1CC2. The van der Waals surface area contributed by atoms with Crippen LogP contribution in [0.3, 0.4) is 0 Å². The molecule has 0 saturated heterocycles. The Kier molecular flexibility index (Phi) is 9.89. The minimum Gasteiger partial charge on any atom is -0.493 e. The number of benzene rings is 3. The van der Waals surface area contributed by atoms with E-state index in [1.54, 1.807) is 6.07 Å². The van der Waals surface area contributed by atoms with E-state index < -0.39 is 41.6 Å². The smallest absolute Gasteiger partial charge is 0.493 e. The minimum atomic E-state index is -6.09. The summed E-state index contributed by atoms with van der Waals surface area (Å²) in [5.41, 5.74) is -1.68. The summed E-state index contributed by atoms with van der Waals surface area (Å²) in [6, 6.07) is 13.2. The van der Waals surface area contributed by atoms with Crippen LogP contribution in [-0.2, 0) is 33.8 Å². The number of aryl methyl sites for hydroxylation is 2. The van der Waals surface area contributed by atoms with E-state index in [1.807, 2.05) is 36.5 Å². The molecule has 4 aromatic rings. The lowest BCUT2D eigenvalue weighted by molar-refractivity contribution is -0.0500. The average Bonchev–Trinajstić information content (AvgIpc) is 3.43. The normalized spacial score (nSPS) is 14.2. The molecule has 14 heteroatoms. The first-order valence-electron chi connectivity index (χ1n) is 15.8. The number of hydrogen-bond acceptors (Lipinski definition) is 7. The topological polar surface area (TPSA) is 116 Å². The maximum atomic E-state index is 14.2. The van der Waals surface area contributed by atoms with Gasteiger partial charge in [-0.2, -0.15) is 21.6 Å². The molecule has 1 aliphatic carbocycles. The van der Waals surface area contributed by atoms with Crippen molar-refractivity contribution in [3.8, 4) is 28.4 Å². The second-order valence-corrected chi connectivity index (χ2v) is 20.0. The molecular formula is C35H41F3N2O7SSi. The average molecular weight is 719 g/mol. The standard InChI is InChI=1S/C35H41F3N2O7SSi/c1-34(2,3)49(6,7)46-20-24(14-23-19-39-29-11-9-8-10-25(23)29)40-33(41)28-17-26-21(15-30(28)47-48(42,43)35(36,37)38)12-13-22-16-31(44-4)32(45-5)18-27(22)26/h8-11,15-19,24,39H,12-14,20H2,1-7H3,(H,40,41)/t24-/m1/s1. The fourth-order valence-electron chi connectivity index (χ4n) is 5.65. The Morgan fingerprint density at radius 3 is 2.14 bits per heavy atom. The van der Waals surface area contributed by atoms with Gasteiger partial charge in [-0.25, -0.2) is 0 Å². The summed E-state index contributed by atoms with van der Waals surface area (Å²) in [4.78, 5) is 17.4. The zero-order chi connectivity index (χ0) is 35.9. The Morgan fingerprint density at radius 2 is 1.53 bits per heavy atom. The second-order valence-electron chi connectivity index (χ2n) is 13.7. The molecule has 1 aliphatic rings. The Balaban J connectivity index is 1.58. The highest BCUT2D eigenvalue weighted by molar-refractivity contribution is 7.88. The van der Waals surface area contributed by atoms with Crippen LogP contribution in [0.5, 0.6) is 17.2 Å². The molecule has 0 aliphatic heterocycles. The third-order valence-electron chi connectivity index (χ3n) is 9.42. The van der Waals surface area contributed by atoms with Crippen molar-refractivity contribution in [1.82, 2.24) is 10.3 Å². The lowest BCUT2D eigenvalue weighted by atomic mass is 9.84. The highest BCUT2D eigenvalue weighted by Gasteiger charge is 2.49. The van der Waals surface area contributed by atoms with Gasteiger partial charge in [-0.05, 0) is 95.5 Å². The number of fused-ring (bicyclic) bond motifs is 4. The number of amides is 1. The van der Waals surface area contributed by atoms with Crippen molar-refractivity contribution in [2.75, 3.05) is 20.8 Å². The summed E-state index contributed by atoms with van der Waals surface area (Å²) in [5, 5.41) is 3.75. The predicted octanol–water partition coefficient (Wildman–Crippen LogP) is 7.54. The monoisotopic (exact) mass is 718 g/mol. The van der Waals surface area contributed by atoms with E-state index >= 15 is 0 Å². The van der Waals surface area contributed by atoms with Gasteiger partial charge in [0.05, 0.1) is 32.4 Å². The number of rotatable bonds is 11. The third kappa shape index (κ3) is 7.46. The molecule has 0 saturated carbocycles. The van der Waals surface area contributed by atoms with E-state index in [9.17, 15) is 26.4 Å². The third-order valence-corrected chi connectivity index (χ3v) is 14.9. The lowest BCUT2D eigenvalue weighted by Crippen LogP contribution is -2.47. The van der Waals surface area contributed by atoms with Crippen LogP contribution in [0.1, 0.15) is 47.8 Å². The number of hydrogen-bond donors (Lipinski definition) is 2. The van der Waals surface area contributed by atoms with Crippen molar-refractivity contribution in [2.45, 2.75) is 69.7 Å². The number of carbonyl (C=O) groups is 1. The van der Waals surface area contributed by atoms with Crippen molar-refractivity contribution in [1.29, 1.82) is 0 Å². The van der Waals surface area contributed by atoms with Gasteiger partial charge in [0.15, 0.2) is 25.6 Å². The van der Waals surface area contributed by atoms with Crippen molar-refractivity contribution in [3.05, 3.63) is 77.0 Å². The van der Waals surface area contributed by atoms with Crippen LogP contribution in [0, 0.1) is 0 Å². The van der Waals surface area contributed by atoms with Gasteiger partial charge >= 0.3 is 15.6 Å². The van der Waals surface area contributed by atoms with Gasteiger partial charge in [0.1, 0.15) is 0 Å². The zero-order valence-corrected chi connectivity index (χ0v) is 30.3. The summed E-state index contributed by atoms with van der Waals surface area (Å²) in [6.07, 6.45) is 3.01. The zero-order valence-electron chi connectivity index (χ0n) is 28.5. The number of carbonyl (C=O) groups excluding carboxylic acids is 1. The lowest BCUT2D eigenvalue weighted by Gasteiger charge is -2.37. The number of nitrogens with one attached hydrogen (secondary N) is 2. The molecule has 9 nitrogen and oxygen atoms in total. The molecule has 1 atom stereocenters. The van der Waals surface area contributed by atoms with Gasteiger partial charge in [0.2, 0.25) is 0 Å². The van der Waals surface area contributed by atoms with Crippen LogP contribution >= 0.6 is 0 Å². The number of halogens is 3. The molecule has 0 unspecified atom stereocenters. The van der Waals surface area contributed by atoms with Crippen LogP contribution in [0.2, 0.25) is 18.1 Å². The van der Waals surface area contributed by atoms with Gasteiger partial charge in [0, 0.05) is 17.1 Å². The minimum absolute atomic E-state index is 0.115. The van der Waals surface area contributed by atoms with Crippen LogP contribution in [-0.4, -0.2) is 60.0 Å². The summed E-state index contributed by atoms with van der Waals surface area (Å²) >= 11 is 0. The van der Waals surface area contributed by atoms with Crippen molar-refractivity contribution < 1.29 is 44.5 Å². The number of alkyl halides is 3. The largest absolute Gasteiger partial charge is 0.534 e. The Bertz CT molecular complexity index is 1990. The number of H-pyrrole nitrogens is 1. The first kappa shape index (κ1) is 36.3. The van der Waals surface area contributed by atoms with Crippen LogP contribution in [0.25, 0.3) is 22.0 Å². The Labute approximate surface area is 285 Å². The van der Waals surface area contributed by atoms with Gasteiger partial charge in [0.25, 0.3) is 5.91 Å². The number of aromatic amines is 1. The van der Waals surface area contributed by atoms with Crippen LogP contribution in [0.4, 0.5) is 13.2 Å². The molecule has 0 spiro atoms. The van der Waals surface area contributed by atoms with E-state index in [-0.39, 0.29) is 17.2 Å². The summed E-state index contributed by atoms with van der Waals surface area (Å²) in [5.74, 6) is -0.609. The molecule has 5 rings (SSSR count). The highest BCUT2D eigenvalue weighted by Crippen LogP contribution is 2.43. The Morgan fingerprint density at radius 1 is 0.939 bits per heavy atom. The van der Waals surface area contributed by atoms with E-state index in [0.29, 0.717) is 47.5 Å². The molecule has 2 N–H and O–H groups in total. The maximum absolute atomic E-state index is 14.2. The molecule has 264 valence electrons. The number of aromatic nitrogens is 1. The number of ether oxygens (including phenoxy) is 2. The molecule has 0 fully saturated rings. The number of methoxy groups -OCH3 is 2. The molecule has 0 radical (unpaired) electrons. The predicted molar refractivity (Wildman–Crippen MR) is 184 cm³/mol. The fourth-order valence-corrected chi connectivity index (χ4v) is 7.17. The van der Waals surface area contributed by atoms with Gasteiger partial charge < -0.3 is 28.4 Å².